The third kappa shape index (κ3) is 4.56. The van der Waals surface area contributed by atoms with E-state index in [1.807, 2.05) is 23.6 Å². The average Bonchev–Trinajstić information content (AvgIpc) is 2.73. The van der Waals surface area contributed by atoms with Gasteiger partial charge in [0.05, 0.1) is 27.7 Å². The second-order valence-corrected chi connectivity index (χ2v) is 7.81. The molecular weight excluding hydrogens is 415 g/mol. The fourth-order valence-corrected chi connectivity index (χ4v) is 3.54. The third-order valence-electron chi connectivity index (χ3n) is 5.08. The van der Waals surface area contributed by atoms with Crippen LogP contribution in [0.4, 0.5) is 5.82 Å². The summed E-state index contributed by atoms with van der Waals surface area (Å²) in [6, 6.07) is 3.22. The number of hydrogen-bond acceptors (Lipinski definition) is 6. The lowest BCUT2D eigenvalue weighted by molar-refractivity contribution is -0.135. The van der Waals surface area contributed by atoms with E-state index in [0.29, 0.717) is 53.1 Å². The lowest BCUT2D eigenvalue weighted by Gasteiger charge is -2.36. The first-order valence-electron chi connectivity index (χ1n) is 9.73. The molecule has 1 atom stereocenters. The Kier molecular flexibility index (Phi) is 6.80. The molecule has 1 amide bonds. The van der Waals surface area contributed by atoms with E-state index in [0.717, 1.165) is 6.42 Å². The number of nitrogens with zero attached hydrogens (tertiary/aromatic N) is 4. The number of hydrogen-bond donors (Lipinski definition) is 0. The third-order valence-corrected chi connectivity index (χ3v) is 5.80. The number of carbonyl (C=O) groups excluding carboxylic acids is 2. The molecule has 1 unspecified atom stereocenters. The molecule has 0 aliphatic carbocycles. The Balaban J connectivity index is 1.93. The van der Waals surface area contributed by atoms with Crippen LogP contribution in [0.3, 0.4) is 0 Å². The molecule has 1 aliphatic rings. The highest BCUT2D eigenvalue weighted by molar-refractivity contribution is 6.42. The van der Waals surface area contributed by atoms with Gasteiger partial charge in [0.25, 0.3) is 0 Å². The van der Waals surface area contributed by atoms with Gasteiger partial charge in [0.15, 0.2) is 11.5 Å². The molecule has 1 aromatic carbocycles. The molecule has 2 aromatic rings. The second-order valence-electron chi connectivity index (χ2n) is 6.99. The molecule has 1 aliphatic heterocycles. The summed E-state index contributed by atoms with van der Waals surface area (Å²) in [6.07, 6.45) is 0.811. The maximum absolute atomic E-state index is 12.5. The van der Waals surface area contributed by atoms with Gasteiger partial charge >= 0.3 is 5.97 Å². The molecule has 9 heteroatoms. The molecule has 7 nitrogen and oxygen atoms in total. The first-order valence-corrected chi connectivity index (χ1v) is 10.5. The number of amides is 1. The first-order chi connectivity index (χ1) is 13.8. The first kappa shape index (κ1) is 21.6. The van der Waals surface area contributed by atoms with Gasteiger partial charge in [0, 0.05) is 32.1 Å². The number of piperazine rings is 1. The van der Waals surface area contributed by atoms with Gasteiger partial charge in [-0.05, 0) is 25.5 Å². The Labute approximate surface area is 179 Å². The molecule has 156 valence electrons. The number of halogens is 2. The highest BCUT2D eigenvalue weighted by Gasteiger charge is 2.28. The van der Waals surface area contributed by atoms with Crippen LogP contribution >= 0.6 is 23.2 Å². The summed E-state index contributed by atoms with van der Waals surface area (Å²) in [5.41, 5.74) is 1.15. The van der Waals surface area contributed by atoms with Gasteiger partial charge < -0.3 is 14.5 Å². The Morgan fingerprint density at radius 1 is 1.07 bits per heavy atom. The zero-order valence-corrected chi connectivity index (χ0v) is 18.3. The summed E-state index contributed by atoms with van der Waals surface area (Å²) in [6.45, 7) is 8.15. The van der Waals surface area contributed by atoms with E-state index >= 15 is 0 Å². The summed E-state index contributed by atoms with van der Waals surface area (Å²) in [5.74, 6) is 0.0545. The zero-order chi connectivity index (χ0) is 21.1. The number of carbonyl (C=O) groups is 2. The molecule has 1 fully saturated rings. The minimum absolute atomic E-state index is 0.00370. The van der Waals surface area contributed by atoms with E-state index in [4.69, 9.17) is 27.9 Å². The average molecular weight is 439 g/mol. The molecule has 0 radical (unpaired) electrons. The standard InChI is InChI=1S/C20H24Cl2N4O3/c1-4-12(3)19(27)26-8-6-25(7-9-26)18-17(20(28)29-5-2)23-15-10-13(21)14(22)11-16(15)24-18/h10-12H,4-9H2,1-3H3. The number of esters is 1. The number of anilines is 1. The van der Waals surface area contributed by atoms with Crippen molar-refractivity contribution in [3.8, 4) is 0 Å². The fraction of sp³-hybridized carbons (Fsp3) is 0.500. The number of ether oxygens (including phenoxy) is 1. The Morgan fingerprint density at radius 3 is 2.21 bits per heavy atom. The van der Waals surface area contributed by atoms with Crippen molar-refractivity contribution in [2.24, 2.45) is 5.92 Å². The molecule has 0 spiro atoms. The molecule has 0 N–H and O–H groups in total. The number of benzene rings is 1. The predicted octanol–water partition coefficient (Wildman–Crippen LogP) is 3.81. The lowest BCUT2D eigenvalue weighted by Crippen LogP contribution is -2.50. The maximum atomic E-state index is 12.5. The molecule has 3 rings (SSSR count). The smallest absolute Gasteiger partial charge is 0.360 e. The van der Waals surface area contributed by atoms with Crippen molar-refractivity contribution in [1.29, 1.82) is 0 Å². The van der Waals surface area contributed by atoms with Gasteiger partial charge in [-0.2, -0.15) is 0 Å². The van der Waals surface area contributed by atoms with Crippen LogP contribution in [0, 0.1) is 5.92 Å². The summed E-state index contributed by atoms with van der Waals surface area (Å²) in [7, 11) is 0. The molecule has 1 saturated heterocycles. The highest BCUT2D eigenvalue weighted by atomic mass is 35.5. The highest BCUT2D eigenvalue weighted by Crippen LogP contribution is 2.29. The minimum Gasteiger partial charge on any atom is -0.461 e. The van der Waals surface area contributed by atoms with Crippen LogP contribution in [0.1, 0.15) is 37.7 Å². The van der Waals surface area contributed by atoms with Crippen molar-refractivity contribution in [2.75, 3.05) is 37.7 Å². The molecule has 1 aromatic heterocycles. The summed E-state index contributed by atoms with van der Waals surface area (Å²) < 4.78 is 5.18. The molecule has 0 saturated carbocycles. The normalized spacial score (nSPS) is 15.5. The van der Waals surface area contributed by atoms with E-state index in [-0.39, 0.29) is 24.1 Å². The fourth-order valence-electron chi connectivity index (χ4n) is 3.22. The van der Waals surface area contributed by atoms with Gasteiger partial charge in [-0.15, -0.1) is 0 Å². The topological polar surface area (TPSA) is 75.6 Å². The number of fused-ring (bicyclic) bond motifs is 1. The van der Waals surface area contributed by atoms with E-state index < -0.39 is 5.97 Å². The van der Waals surface area contributed by atoms with Gasteiger partial charge in [0.2, 0.25) is 5.91 Å². The van der Waals surface area contributed by atoms with Crippen molar-refractivity contribution in [3.05, 3.63) is 27.9 Å². The minimum atomic E-state index is -0.541. The van der Waals surface area contributed by atoms with E-state index in [2.05, 4.69) is 9.97 Å². The zero-order valence-electron chi connectivity index (χ0n) is 16.7. The quantitative estimate of drug-likeness (QED) is 0.660. The van der Waals surface area contributed by atoms with E-state index in [9.17, 15) is 9.59 Å². The van der Waals surface area contributed by atoms with Crippen LogP contribution in [0.15, 0.2) is 12.1 Å². The van der Waals surface area contributed by atoms with Gasteiger partial charge in [-0.1, -0.05) is 37.0 Å². The van der Waals surface area contributed by atoms with Crippen LogP contribution in [0.2, 0.25) is 10.0 Å². The number of rotatable bonds is 5. The van der Waals surface area contributed by atoms with Crippen LogP contribution in [0.5, 0.6) is 0 Å². The van der Waals surface area contributed by atoms with Crippen LogP contribution in [0.25, 0.3) is 11.0 Å². The largest absolute Gasteiger partial charge is 0.461 e. The summed E-state index contributed by atoms with van der Waals surface area (Å²) in [4.78, 5) is 37.9. The Morgan fingerprint density at radius 2 is 1.66 bits per heavy atom. The van der Waals surface area contributed by atoms with Crippen molar-refractivity contribution >= 4 is 51.9 Å². The van der Waals surface area contributed by atoms with Crippen LogP contribution in [-0.4, -0.2) is 59.5 Å². The lowest BCUT2D eigenvalue weighted by atomic mass is 10.1. The Hall–Kier alpha value is -2.12. The second kappa shape index (κ2) is 9.13. The molecular formula is C20H24Cl2N4O3. The molecule has 29 heavy (non-hydrogen) atoms. The van der Waals surface area contributed by atoms with Gasteiger partial charge in [-0.3, -0.25) is 4.79 Å². The molecule has 0 bridgehead atoms. The van der Waals surface area contributed by atoms with Crippen molar-refractivity contribution < 1.29 is 14.3 Å². The van der Waals surface area contributed by atoms with Crippen LogP contribution in [-0.2, 0) is 9.53 Å². The predicted molar refractivity (Wildman–Crippen MR) is 114 cm³/mol. The monoisotopic (exact) mass is 438 g/mol. The number of aromatic nitrogens is 2. The van der Waals surface area contributed by atoms with Crippen molar-refractivity contribution in [3.63, 3.8) is 0 Å². The SMILES string of the molecule is CCOC(=O)c1nc2cc(Cl)c(Cl)cc2nc1N1CCN(C(=O)C(C)CC)CC1. The van der Waals surface area contributed by atoms with Crippen molar-refractivity contribution in [1.82, 2.24) is 14.9 Å². The van der Waals surface area contributed by atoms with Gasteiger partial charge in [0.1, 0.15) is 0 Å². The van der Waals surface area contributed by atoms with E-state index in [1.165, 1.54) is 0 Å². The van der Waals surface area contributed by atoms with Gasteiger partial charge in [-0.25, -0.2) is 14.8 Å². The van der Waals surface area contributed by atoms with Crippen molar-refractivity contribution in [2.45, 2.75) is 27.2 Å². The summed E-state index contributed by atoms with van der Waals surface area (Å²) in [5, 5.41) is 0.709. The van der Waals surface area contributed by atoms with Crippen LogP contribution < -0.4 is 4.90 Å². The summed E-state index contributed by atoms with van der Waals surface area (Å²) >= 11 is 12.2. The molecule has 2 heterocycles. The van der Waals surface area contributed by atoms with E-state index in [1.54, 1.807) is 19.1 Å². The maximum Gasteiger partial charge on any atom is 0.360 e. The Bertz CT molecular complexity index is 930.